The molecular formula is C15H16N2O4S. The van der Waals surface area contributed by atoms with Crippen LogP contribution in [0.25, 0.3) is 10.1 Å². The van der Waals surface area contributed by atoms with Crippen molar-refractivity contribution in [3.05, 3.63) is 23.1 Å². The van der Waals surface area contributed by atoms with Gasteiger partial charge in [-0.3, -0.25) is 4.79 Å². The molecule has 0 saturated heterocycles. The van der Waals surface area contributed by atoms with Gasteiger partial charge in [0.15, 0.2) is 6.61 Å². The maximum Gasteiger partial charge on any atom is 0.343 e. The molecule has 116 valence electrons. The van der Waals surface area contributed by atoms with E-state index in [9.17, 15) is 9.59 Å². The van der Waals surface area contributed by atoms with Gasteiger partial charge in [0.1, 0.15) is 10.6 Å². The first-order chi connectivity index (χ1) is 10.6. The molecule has 0 radical (unpaired) electrons. The van der Waals surface area contributed by atoms with Crippen LogP contribution in [0.5, 0.6) is 5.75 Å². The third kappa shape index (κ3) is 2.71. The predicted octanol–water partition coefficient (Wildman–Crippen LogP) is 2.00. The molecule has 0 aliphatic carbocycles. The van der Waals surface area contributed by atoms with Gasteiger partial charge in [0.05, 0.1) is 12.8 Å². The van der Waals surface area contributed by atoms with E-state index in [4.69, 9.17) is 4.74 Å². The maximum absolute atomic E-state index is 12.2. The van der Waals surface area contributed by atoms with Crippen LogP contribution in [0.1, 0.15) is 16.6 Å². The molecule has 0 spiro atoms. The summed E-state index contributed by atoms with van der Waals surface area (Å²) in [6, 6.07) is 5.58. The molecule has 2 aromatic rings. The Morgan fingerprint density at radius 1 is 1.45 bits per heavy atom. The van der Waals surface area contributed by atoms with Crippen LogP contribution in [0.2, 0.25) is 0 Å². The van der Waals surface area contributed by atoms with E-state index in [1.54, 1.807) is 6.07 Å². The number of amides is 1. The summed E-state index contributed by atoms with van der Waals surface area (Å²) < 4.78 is 11.0. The molecule has 1 aromatic heterocycles. The van der Waals surface area contributed by atoms with Gasteiger partial charge in [-0.15, -0.1) is 11.3 Å². The van der Waals surface area contributed by atoms with E-state index in [1.807, 2.05) is 19.1 Å². The minimum absolute atomic E-state index is 0.0641. The largest absolute Gasteiger partial charge is 0.482 e. The van der Waals surface area contributed by atoms with E-state index in [1.165, 1.54) is 18.4 Å². The minimum Gasteiger partial charge on any atom is -0.482 e. The number of methoxy groups -OCH3 is 1. The molecule has 0 saturated carbocycles. The van der Waals surface area contributed by atoms with E-state index in [0.717, 1.165) is 15.8 Å². The molecule has 1 aliphatic heterocycles. The fourth-order valence-electron chi connectivity index (χ4n) is 2.30. The summed E-state index contributed by atoms with van der Waals surface area (Å²) in [6.07, 6.45) is 0. The normalized spacial score (nSPS) is 17.2. The molecule has 1 amide bonds. The fourth-order valence-corrected chi connectivity index (χ4v) is 3.36. The van der Waals surface area contributed by atoms with Crippen molar-refractivity contribution in [2.24, 2.45) is 0 Å². The number of carbonyl (C=O) groups is 2. The number of esters is 1. The van der Waals surface area contributed by atoms with Crippen LogP contribution in [0.4, 0.5) is 5.69 Å². The number of ether oxygens (including phenoxy) is 2. The Kier molecular flexibility index (Phi) is 3.89. The first kappa shape index (κ1) is 14.6. The second kappa shape index (κ2) is 5.84. The van der Waals surface area contributed by atoms with Gasteiger partial charge in [0.25, 0.3) is 5.91 Å². The van der Waals surface area contributed by atoms with Crippen molar-refractivity contribution >= 4 is 39.0 Å². The second-order valence-electron chi connectivity index (χ2n) is 5.08. The standard InChI is InChI=1S/C15H16N2O4S/c1-8-6-16-13-10-5-9(21-7-12(18)20-2)3-4-11(10)22-14(13)15(19)17-8/h3-5,8,16H,6-7H2,1-2H3,(H,17,19)/t8-/m1/s1. The Bertz CT molecular complexity index is 740. The summed E-state index contributed by atoms with van der Waals surface area (Å²) in [5.41, 5.74) is 0.824. The maximum atomic E-state index is 12.2. The van der Waals surface area contributed by atoms with E-state index < -0.39 is 5.97 Å². The van der Waals surface area contributed by atoms with Crippen molar-refractivity contribution < 1.29 is 19.1 Å². The Morgan fingerprint density at radius 2 is 2.27 bits per heavy atom. The monoisotopic (exact) mass is 320 g/mol. The number of anilines is 1. The zero-order valence-corrected chi connectivity index (χ0v) is 13.1. The molecular weight excluding hydrogens is 304 g/mol. The Morgan fingerprint density at radius 3 is 3.05 bits per heavy atom. The lowest BCUT2D eigenvalue weighted by atomic mass is 10.2. The highest BCUT2D eigenvalue weighted by Gasteiger charge is 2.23. The quantitative estimate of drug-likeness (QED) is 0.846. The van der Waals surface area contributed by atoms with Crippen LogP contribution in [-0.2, 0) is 9.53 Å². The number of fused-ring (bicyclic) bond motifs is 3. The van der Waals surface area contributed by atoms with Crippen LogP contribution in [0.3, 0.4) is 0 Å². The number of thiophene rings is 1. The van der Waals surface area contributed by atoms with Gasteiger partial charge in [-0.2, -0.15) is 0 Å². The Labute approximate surface area is 131 Å². The highest BCUT2D eigenvalue weighted by atomic mass is 32.1. The zero-order chi connectivity index (χ0) is 15.7. The van der Waals surface area contributed by atoms with E-state index in [2.05, 4.69) is 15.4 Å². The SMILES string of the molecule is COC(=O)COc1ccc2sc3c(c2c1)NC[C@@H](C)NC3=O. The van der Waals surface area contributed by atoms with Crippen molar-refractivity contribution in [2.75, 3.05) is 25.6 Å². The van der Waals surface area contributed by atoms with Crippen molar-refractivity contribution in [1.82, 2.24) is 5.32 Å². The molecule has 0 bridgehead atoms. The van der Waals surface area contributed by atoms with Crippen molar-refractivity contribution in [3.63, 3.8) is 0 Å². The van der Waals surface area contributed by atoms with Gasteiger partial charge < -0.3 is 20.1 Å². The van der Waals surface area contributed by atoms with Crippen LogP contribution in [-0.4, -0.2) is 38.2 Å². The van der Waals surface area contributed by atoms with E-state index in [-0.39, 0.29) is 18.6 Å². The first-order valence-corrected chi connectivity index (χ1v) is 7.71. The molecule has 0 unspecified atom stereocenters. The minimum atomic E-state index is -0.435. The molecule has 1 aliphatic rings. The number of hydrogen-bond acceptors (Lipinski definition) is 6. The summed E-state index contributed by atoms with van der Waals surface area (Å²) in [5.74, 6) is 0.0688. The summed E-state index contributed by atoms with van der Waals surface area (Å²) in [7, 11) is 1.32. The number of carbonyl (C=O) groups excluding carboxylic acids is 2. The zero-order valence-electron chi connectivity index (χ0n) is 12.3. The lowest BCUT2D eigenvalue weighted by molar-refractivity contribution is -0.142. The molecule has 6 nitrogen and oxygen atoms in total. The molecule has 7 heteroatoms. The van der Waals surface area contributed by atoms with E-state index >= 15 is 0 Å². The molecule has 2 N–H and O–H groups in total. The van der Waals surface area contributed by atoms with Crippen LogP contribution < -0.4 is 15.4 Å². The number of nitrogens with one attached hydrogen (secondary N) is 2. The van der Waals surface area contributed by atoms with Gasteiger partial charge in [0, 0.05) is 22.7 Å². The summed E-state index contributed by atoms with van der Waals surface area (Å²) >= 11 is 1.44. The molecule has 1 atom stereocenters. The van der Waals surface area contributed by atoms with E-state index in [0.29, 0.717) is 17.2 Å². The molecule has 1 aromatic carbocycles. The third-order valence-corrected chi connectivity index (χ3v) is 4.58. The van der Waals surface area contributed by atoms with Crippen molar-refractivity contribution in [1.29, 1.82) is 0 Å². The lowest BCUT2D eigenvalue weighted by Gasteiger charge is -2.09. The van der Waals surface area contributed by atoms with Crippen molar-refractivity contribution in [2.45, 2.75) is 13.0 Å². The highest BCUT2D eigenvalue weighted by Crippen LogP contribution is 2.38. The fraction of sp³-hybridized carbons (Fsp3) is 0.333. The first-order valence-electron chi connectivity index (χ1n) is 6.89. The van der Waals surface area contributed by atoms with Gasteiger partial charge in [0.2, 0.25) is 0 Å². The Hall–Kier alpha value is -2.28. The van der Waals surface area contributed by atoms with Crippen LogP contribution in [0, 0.1) is 0 Å². The second-order valence-corrected chi connectivity index (χ2v) is 6.14. The molecule has 2 heterocycles. The highest BCUT2D eigenvalue weighted by molar-refractivity contribution is 7.21. The molecule has 0 fully saturated rings. The number of rotatable bonds is 3. The smallest absolute Gasteiger partial charge is 0.343 e. The van der Waals surface area contributed by atoms with Crippen molar-refractivity contribution in [3.8, 4) is 5.75 Å². The number of hydrogen-bond donors (Lipinski definition) is 2. The predicted molar refractivity (Wildman–Crippen MR) is 84.8 cm³/mol. The van der Waals surface area contributed by atoms with Gasteiger partial charge in [-0.05, 0) is 25.1 Å². The lowest BCUT2D eigenvalue weighted by Crippen LogP contribution is -2.34. The van der Waals surface area contributed by atoms with Gasteiger partial charge in [-0.25, -0.2) is 4.79 Å². The summed E-state index contributed by atoms with van der Waals surface area (Å²) in [5, 5.41) is 7.17. The number of benzene rings is 1. The average molecular weight is 320 g/mol. The van der Waals surface area contributed by atoms with Crippen LogP contribution in [0.15, 0.2) is 18.2 Å². The molecule has 3 rings (SSSR count). The van der Waals surface area contributed by atoms with Crippen LogP contribution >= 0.6 is 11.3 Å². The van der Waals surface area contributed by atoms with Gasteiger partial charge >= 0.3 is 5.97 Å². The Balaban J connectivity index is 1.95. The van der Waals surface area contributed by atoms with Gasteiger partial charge in [-0.1, -0.05) is 0 Å². The average Bonchev–Trinajstić information content (AvgIpc) is 2.81. The summed E-state index contributed by atoms with van der Waals surface area (Å²) in [4.78, 5) is 24.0. The third-order valence-electron chi connectivity index (χ3n) is 3.41. The topological polar surface area (TPSA) is 76.7 Å². The molecule has 22 heavy (non-hydrogen) atoms. The summed E-state index contributed by atoms with van der Waals surface area (Å²) in [6.45, 7) is 2.48.